The van der Waals surface area contributed by atoms with Crippen LogP contribution >= 0.6 is 12.2 Å². The fraction of sp³-hybridized carbons (Fsp3) is 0.273. The Kier molecular flexibility index (Phi) is 5.69. The lowest BCUT2D eigenvalue weighted by Crippen LogP contribution is -2.48. The second-order valence-corrected chi connectivity index (χ2v) is 7.61. The van der Waals surface area contributed by atoms with E-state index in [1.54, 1.807) is 12.1 Å². The van der Waals surface area contributed by atoms with E-state index < -0.39 is 0 Å². The lowest BCUT2D eigenvalue weighted by Gasteiger charge is -2.32. The van der Waals surface area contributed by atoms with Crippen molar-refractivity contribution >= 4 is 34.1 Å². The second-order valence-electron chi connectivity index (χ2n) is 7.20. The number of para-hydroxylation sites is 1. The molecule has 0 bridgehead atoms. The summed E-state index contributed by atoms with van der Waals surface area (Å²) in [6.45, 7) is 2.96. The summed E-state index contributed by atoms with van der Waals surface area (Å²) in [6.07, 6.45) is 4.12. The van der Waals surface area contributed by atoms with Crippen LogP contribution in [0.3, 0.4) is 0 Å². The van der Waals surface area contributed by atoms with E-state index >= 15 is 0 Å². The Bertz CT molecular complexity index is 961. The predicted molar refractivity (Wildman–Crippen MR) is 116 cm³/mol. The van der Waals surface area contributed by atoms with E-state index in [4.69, 9.17) is 12.2 Å². The highest BCUT2D eigenvalue weighted by molar-refractivity contribution is 7.80. The lowest BCUT2D eigenvalue weighted by atomic mass is 10.0. The number of piperidine rings is 1. The molecular formula is C22H24N4OS. The first-order valence-corrected chi connectivity index (χ1v) is 10.0. The minimum atomic E-state index is -0.171. The highest BCUT2D eigenvalue weighted by Gasteiger charge is 2.21. The number of aromatic amines is 1. The van der Waals surface area contributed by atoms with E-state index in [9.17, 15) is 4.79 Å². The molecule has 1 saturated heterocycles. The number of carbonyl (C=O) groups excluding carboxylic acids is 1. The summed E-state index contributed by atoms with van der Waals surface area (Å²) in [5.74, 6) is -0.171. The number of H-pyrrole nitrogens is 1. The summed E-state index contributed by atoms with van der Waals surface area (Å²) < 4.78 is 0. The van der Waals surface area contributed by atoms with Gasteiger partial charge in [-0.15, -0.1) is 0 Å². The van der Waals surface area contributed by atoms with Gasteiger partial charge in [-0.05, 0) is 48.8 Å². The van der Waals surface area contributed by atoms with Crippen LogP contribution in [-0.2, 0) is 6.54 Å². The van der Waals surface area contributed by atoms with Gasteiger partial charge in [-0.1, -0.05) is 36.4 Å². The fourth-order valence-corrected chi connectivity index (χ4v) is 3.98. The average molecular weight is 393 g/mol. The van der Waals surface area contributed by atoms with Crippen LogP contribution in [0.5, 0.6) is 0 Å². The number of rotatable bonds is 4. The number of amides is 1. The molecule has 3 aromatic rings. The number of hydrogen-bond donors (Lipinski definition) is 3. The van der Waals surface area contributed by atoms with E-state index in [1.165, 1.54) is 16.5 Å². The monoisotopic (exact) mass is 392 g/mol. The van der Waals surface area contributed by atoms with Gasteiger partial charge < -0.3 is 10.3 Å². The molecule has 2 heterocycles. The molecule has 0 radical (unpaired) electrons. The Morgan fingerprint density at radius 2 is 1.79 bits per heavy atom. The SMILES string of the molecule is O=C(NC(=S)NC1CCN(Cc2c[nH]c3ccccc23)CC1)c1ccccc1. The third kappa shape index (κ3) is 4.40. The van der Waals surface area contributed by atoms with Crippen LogP contribution in [0.25, 0.3) is 10.9 Å². The van der Waals surface area contributed by atoms with Gasteiger partial charge in [0.05, 0.1) is 0 Å². The third-order valence-electron chi connectivity index (χ3n) is 5.25. The molecule has 0 atom stereocenters. The van der Waals surface area contributed by atoms with Gasteiger partial charge >= 0.3 is 0 Å². The Balaban J connectivity index is 1.25. The first-order valence-electron chi connectivity index (χ1n) is 9.63. The van der Waals surface area contributed by atoms with Gasteiger partial charge in [-0.25, -0.2) is 0 Å². The number of nitrogens with one attached hydrogen (secondary N) is 3. The van der Waals surface area contributed by atoms with Crippen molar-refractivity contribution < 1.29 is 4.79 Å². The van der Waals surface area contributed by atoms with E-state index in [2.05, 4.69) is 51.0 Å². The van der Waals surface area contributed by atoms with Crippen molar-refractivity contribution in [2.45, 2.75) is 25.4 Å². The van der Waals surface area contributed by atoms with Crippen molar-refractivity contribution in [3.8, 4) is 0 Å². The number of aromatic nitrogens is 1. The summed E-state index contributed by atoms with van der Waals surface area (Å²) in [5.41, 5.74) is 3.14. The van der Waals surface area contributed by atoms with Crippen LogP contribution in [0, 0.1) is 0 Å². The van der Waals surface area contributed by atoms with Crippen LogP contribution in [0.2, 0.25) is 0 Å². The van der Waals surface area contributed by atoms with Crippen molar-refractivity contribution in [1.82, 2.24) is 20.5 Å². The van der Waals surface area contributed by atoms with E-state index in [0.29, 0.717) is 16.7 Å². The minimum Gasteiger partial charge on any atom is -0.361 e. The summed E-state index contributed by atoms with van der Waals surface area (Å²) in [6, 6.07) is 17.8. The number of benzene rings is 2. The van der Waals surface area contributed by atoms with Gasteiger partial charge in [0.1, 0.15) is 0 Å². The molecule has 3 N–H and O–H groups in total. The van der Waals surface area contributed by atoms with E-state index in [1.807, 2.05) is 18.2 Å². The molecule has 4 rings (SSSR count). The van der Waals surface area contributed by atoms with Crippen LogP contribution < -0.4 is 10.6 Å². The Morgan fingerprint density at radius 1 is 1.07 bits per heavy atom. The quantitative estimate of drug-likeness (QED) is 0.596. The molecule has 1 aromatic heterocycles. The highest BCUT2D eigenvalue weighted by atomic mass is 32.1. The molecule has 1 fully saturated rings. The molecule has 6 heteroatoms. The number of nitrogens with zero attached hydrogens (tertiary/aromatic N) is 1. The maximum Gasteiger partial charge on any atom is 0.257 e. The zero-order chi connectivity index (χ0) is 19.3. The number of fused-ring (bicyclic) bond motifs is 1. The molecule has 0 spiro atoms. The number of carbonyl (C=O) groups is 1. The van der Waals surface area contributed by atoms with Crippen molar-refractivity contribution in [1.29, 1.82) is 0 Å². The standard InChI is InChI=1S/C22H24N4OS/c27-21(16-6-2-1-3-7-16)25-22(28)24-18-10-12-26(13-11-18)15-17-14-23-20-9-5-4-8-19(17)20/h1-9,14,18,23H,10-13,15H2,(H2,24,25,27,28). The number of likely N-dealkylation sites (tertiary alicyclic amines) is 1. The van der Waals surface area contributed by atoms with E-state index in [-0.39, 0.29) is 5.91 Å². The molecule has 1 aliphatic heterocycles. The first kappa shape index (κ1) is 18.7. The van der Waals surface area contributed by atoms with Gasteiger partial charge in [0, 0.05) is 48.3 Å². The van der Waals surface area contributed by atoms with Crippen molar-refractivity contribution in [2.24, 2.45) is 0 Å². The predicted octanol–water partition coefficient (Wildman–Crippen LogP) is 3.44. The summed E-state index contributed by atoms with van der Waals surface area (Å²) >= 11 is 5.33. The lowest BCUT2D eigenvalue weighted by molar-refractivity contribution is 0.0976. The van der Waals surface area contributed by atoms with Crippen molar-refractivity contribution in [3.63, 3.8) is 0 Å². The number of thiocarbonyl (C=S) groups is 1. The van der Waals surface area contributed by atoms with Crippen LogP contribution in [-0.4, -0.2) is 40.0 Å². The Hall–Kier alpha value is -2.70. The maximum atomic E-state index is 12.2. The van der Waals surface area contributed by atoms with Crippen molar-refractivity contribution in [3.05, 3.63) is 71.9 Å². The molecule has 0 saturated carbocycles. The molecule has 2 aromatic carbocycles. The Morgan fingerprint density at radius 3 is 2.57 bits per heavy atom. The molecule has 1 amide bonds. The summed E-state index contributed by atoms with van der Waals surface area (Å²) in [7, 11) is 0. The average Bonchev–Trinajstić information content (AvgIpc) is 3.13. The zero-order valence-corrected chi connectivity index (χ0v) is 16.5. The van der Waals surface area contributed by atoms with E-state index in [0.717, 1.165) is 32.5 Å². The third-order valence-corrected chi connectivity index (χ3v) is 5.47. The maximum absolute atomic E-state index is 12.2. The molecule has 1 aliphatic rings. The topological polar surface area (TPSA) is 60.2 Å². The zero-order valence-electron chi connectivity index (χ0n) is 15.7. The van der Waals surface area contributed by atoms with Crippen LogP contribution in [0.1, 0.15) is 28.8 Å². The normalized spacial score (nSPS) is 15.4. The largest absolute Gasteiger partial charge is 0.361 e. The van der Waals surface area contributed by atoms with Crippen molar-refractivity contribution in [2.75, 3.05) is 13.1 Å². The van der Waals surface area contributed by atoms with Crippen LogP contribution in [0.4, 0.5) is 0 Å². The number of hydrogen-bond acceptors (Lipinski definition) is 3. The van der Waals surface area contributed by atoms with Gasteiger partial charge in [0.15, 0.2) is 5.11 Å². The minimum absolute atomic E-state index is 0.171. The van der Waals surface area contributed by atoms with Gasteiger partial charge in [-0.2, -0.15) is 0 Å². The molecule has 144 valence electrons. The molecule has 0 aliphatic carbocycles. The first-order chi connectivity index (χ1) is 13.7. The fourth-order valence-electron chi connectivity index (χ4n) is 3.73. The molecule has 28 heavy (non-hydrogen) atoms. The Labute approximate surface area is 170 Å². The van der Waals surface area contributed by atoms with Gasteiger partial charge in [-0.3, -0.25) is 15.0 Å². The molecular weight excluding hydrogens is 368 g/mol. The highest BCUT2D eigenvalue weighted by Crippen LogP contribution is 2.21. The summed E-state index contributed by atoms with van der Waals surface area (Å²) in [4.78, 5) is 18.0. The van der Waals surface area contributed by atoms with Gasteiger partial charge in [0.25, 0.3) is 5.91 Å². The summed E-state index contributed by atoms with van der Waals surface area (Å²) in [5, 5.41) is 7.78. The molecule has 0 unspecified atom stereocenters. The smallest absolute Gasteiger partial charge is 0.257 e. The van der Waals surface area contributed by atoms with Gasteiger partial charge in [0.2, 0.25) is 0 Å². The van der Waals surface area contributed by atoms with Crippen LogP contribution in [0.15, 0.2) is 60.8 Å². The second kappa shape index (κ2) is 8.54. The molecule has 5 nitrogen and oxygen atoms in total.